The molecule has 0 saturated heterocycles. The predicted molar refractivity (Wildman–Crippen MR) is 68.2 cm³/mol. The third-order valence-electron chi connectivity index (χ3n) is 2.44. The number of benzene rings is 2. The standard InChI is InChI=1S/C14H15NO2/c1-16-14-8-7-11(9-13(14)15)10-17-12-5-3-2-4-6-12/h2-9H,10,15H2,1H3. The highest BCUT2D eigenvalue weighted by molar-refractivity contribution is 5.54. The van der Waals surface area contributed by atoms with E-state index in [-0.39, 0.29) is 0 Å². The van der Waals surface area contributed by atoms with Gasteiger partial charge in [0.1, 0.15) is 18.1 Å². The molecule has 0 heterocycles. The second-order valence-electron chi connectivity index (χ2n) is 3.68. The molecule has 0 aliphatic heterocycles. The number of nitrogen functional groups attached to an aromatic ring is 1. The van der Waals surface area contributed by atoms with Gasteiger partial charge in [-0.05, 0) is 29.8 Å². The molecule has 0 radical (unpaired) electrons. The summed E-state index contributed by atoms with van der Waals surface area (Å²) in [6.07, 6.45) is 0. The number of ether oxygens (including phenoxy) is 2. The number of rotatable bonds is 4. The van der Waals surface area contributed by atoms with Crippen LogP contribution in [0.2, 0.25) is 0 Å². The fourth-order valence-corrected chi connectivity index (χ4v) is 1.56. The van der Waals surface area contributed by atoms with Crippen molar-refractivity contribution in [3.63, 3.8) is 0 Å². The average molecular weight is 229 g/mol. The van der Waals surface area contributed by atoms with Gasteiger partial charge < -0.3 is 15.2 Å². The molecule has 2 aromatic rings. The average Bonchev–Trinajstić information content (AvgIpc) is 2.38. The molecule has 0 aliphatic carbocycles. The Morgan fingerprint density at radius 2 is 1.82 bits per heavy atom. The molecular formula is C14H15NO2. The monoisotopic (exact) mass is 229 g/mol. The first-order valence-corrected chi connectivity index (χ1v) is 5.40. The lowest BCUT2D eigenvalue weighted by atomic mass is 10.2. The zero-order chi connectivity index (χ0) is 12.1. The summed E-state index contributed by atoms with van der Waals surface area (Å²) in [5, 5.41) is 0. The summed E-state index contributed by atoms with van der Waals surface area (Å²) in [6, 6.07) is 15.3. The molecule has 0 amide bonds. The predicted octanol–water partition coefficient (Wildman–Crippen LogP) is 2.86. The van der Waals surface area contributed by atoms with Crippen LogP contribution in [0.3, 0.4) is 0 Å². The van der Waals surface area contributed by atoms with Gasteiger partial charge in [-0.2, -0.15) is 0 Å². The van der Waals surface area contributed by atoms with Crippen LogP contribution in [0.1, 0.15) is 5.56 Å². The molecule has 88 valence electrons. The van der Waals surface area contributed by atoms with Crippen LogP contribution < -0.4 is 15.2 Å². The molecule has 0 atom stereocenters. The van der Waals surface area contributed by atoms with E-state index < -0.39 is 0 Å². The van der Waals surface area contributed by atoms with Crippen molar-refractivity contribution in [2.24, 2.45) is 0 Å². The minimum Gasteiger partial charge on any atom is -0.495 e. The van der Waals surface area contributed by atoms with Crippen LogP contribution >= 0.6 is 0 Å². The third-order valence-corrected chi connectivity index (χ3v) is 2.44. The fourth-order valence-electron chi connectivity index (χ4n) is 1.56. The molecule has 3 heteroatoms. The Morgan fingerprint density at radius 1 is 1.06 bits per heavy atom. The summed E-state index contributed by atoms with van der Waals surface area (Å²) >= 11 is 0. The molecule has 3 nitrogen and oxygen atoms in total. The Balaban J connectivity index is 2.02. The number of methoxy groups -OCH3 is 1. The minimum atomic E-state index is 0.498. The molecule has 2 N–H and O–H groups in total. The van der Waals surface area contributed by atoms with E-state index in [0.717, 1.165) is 11.3 Å². The first-order chi connectivity index (χ1) is 8.29. The molecule has 0 spiro atoms. The second kappa shape index (κ2) is 5.25. The number of anilines is 1. The van der Waals surface area contributed by atoms with Crippen LogP contribution in [0.5, 0.6) is 11.5 Å². The zero-order valence-electron chi connectivity index (χ0n) is 9.72. The minimum absolute atomic E-state index is 0.498. The van der Waals surface area contributed by atoms with Gasteiger partial charge in [-0.3, -0.25) is 0 Å². The third kappa shape index (κ3) is 2.91. The normalized spacial score (nSPS) is 9.94. The van der Waals surface area contributed by atoms with E-state index in [1.54, 1.807) is 7.11 Å². The van der Waals surface area contributed by atoms with Crippen molar-refractivity contribution in [1.29, 1.82) is 0 Å². The summed E-state index contributed by atoms with van der Waals surface area (Å²) < 4.78 is 10.7. The second-order valence-corrected chi connectivity index (χ2v) is 3.68. The van der Waals surface area contributed by atoms with Gasteiger partial charge in [-0.15, -0.1) is 0 Å². The first kappa shape index (κ1) is 11.3. The Hall–Kier alpha value is -2.16. The summed E-state index contributed by atoms with van der Waals surface area (Å²) in [5.74, 6) is 1.54. The van der Waals surface area contributed by atoms with Crippen LogP contribution in [0.4, 0.5) is 5.69 Å². The van der Waals surface area contributed by atoms with Gasteiger partial charge >= 0.3 is 0 Å². The first-order valence-electron chi connectivity index (χ1n) is 5.40. The van der Waals surface area contributed by atoms with Crippen LogP contribution in [0.25, 0.3) is 0 Å². The van der Waals surface area contributed by atoms with Crippen molar-refractivity contribution < 1.29 is 9.47 Å². The van der Waals surface area contributed by atoms with E-state index in [4.69, 9.17) is 15.2 Å². The molecule has 0 saturated carbocycles. The van der Waals surface area contributed by atoms with Gasteiger partial charge in [-0.1, -0.05) is 24.3 Å². The van der Waals surface area contributed by atoms with Crippen LogP contribution in [-0.4, -0.2) is 7.11 Å². The maximum absolute atomic E-state index is 5.82. The Bertz CT molecular complexity index is 483. The number of hydrogen-bond donors (Lipinski definition) is 1. The molecule has 0 aromatic heterocycles. The van der Waals surface area contributed by atoms with Crippen molar-refractivity contribution in [3.8, 4) is 11.5 Å². The molecule has 2 aromatic carbocycles. The molecule has 0 aliphatic rings. The largest absolute Gasteiger partial charge is 0.495 e. The van der Waals surface area contributed by atoms with Crippen molar-refractivity contribution >= 4 is 5.69 Å². The highest BCUT2D eigenvalue weighted by atomic mass is 16.5. The van der Waals surface area contributed by atoms with E-state index >= 15 is 0 Å². The number of hydrogen-bond acceptors (Lipinski definition) is 3. The van der Waals surface area contributed by atoms with Gasteiger partial charge in [-0.25, -0.2) is 0 Å². The van der Waals surface area contributed by atoms with Crippen LogP contribution in [0.15, 0.2) is 48.5 Å². The molecule has 0 bridgehead atoms. The maximum Gasteiger partial charge on any atom is 0.141 e. The van der Waals surface area contributed by atoms with E-state index in [1.807, 2.05) is 48.5 Å². The molecule has 0 unspecified atom stereocenters. The van der Waals surface area contributed by atoms with Crippen LogP contribution in [-0.2, 0) is 6.61 Å². The Morgan fingerprint density at radius 3 is 2.47 bits per heavy atom. The Labute approximate surface area is 101 Å². The van der Waals surface area contributed by atoms with Gasteiger partial charge in [0.25, 0.3) is 0 Å². The number of nitrogens with two attached hydrogens (primary N) is 1. The molecule has 2 rings (SSSR count). The van der Waals surface area contributed by atoms with E-state index in [0.29, 0.717) is 18.0 Å². The van der Waals surface area contributed by atoms with Gasteiger partial charge in [0.15, 0.2) is 0 Å². The molecule has 0 fully saturated rings. The summed E-state index contributed by atoms with van der Waals surface area (Å²) in [7, 11) is 1.60. The van der Waals surface area contributed by atoms with E-state index in [1.165, 1.54) is 0 Å². The lowest BCUT2D eigenvalue weighted by Crippen LogP contribution is -1.98. The quantitative estimate of drug-likeness (QED) is 0.820. The van der Waals surface area contributed by atoms with Crippen molar-refractivity contribution in [2.75, 3.05) is 12.8 Å². The topological polar surface area (TPSA) is 44.5 Å². The van der Waals surface area contributed by atoms with Gasteiger partial charge in [0, 0.05) is 0 Å². The smallest absolute Gasteiger partial charge is 0.141 e. The zero-order valence-corrected chi connectivity index (χ0v) is 9.72. The van der Waals surface area contributed by atoms with E-state index in [2.05, 4.69) is 0 Å². The van der Waals surface area contributed by atoms with Crippen molar-refractivity contribution in [2.45, 2.75) is 6.61 Å². The van der Waals surface area contributed by atoms with Gasteiger partial charge in [0.2, 0.25) is 0 Å². The van der Waals surface area contributed by atoms with Crippen LogP contribution in [0, 0.1) is 0 Å². The summed E-state index contributed by atoms with van der Waals surface area (Å²) in [5.41, 5.74) is 7.47. The molecular weight excluding hydrogens is 214 g/mol. The van der Waals surface area contributed by atoms with Crippen molar-refractivity contribution in [3.05, 3.63) is 54.1 Å². The lowest BCUT2D eigenvalue weighted by molar-refractivity contribution is 0.306. The van der Waals surface area contributed by atoms with Crippen molar-refractivity contribution in [1.82, 2.24) is 0 Å². The highest BCUT2D eigenvalue weighted by Crippen LogP contribution is 2.22. The van der Waals surface area contributed by atoms with E-state index in [9.17, 15) is 0 Å². The summed E-state index contributed by atoms with van der Waals surface area (Å²) in [6.45, 7) is 0.498. The fraction of sp³-hybridized carbons (Fsp3) is 0.143. The SMILES string of the molecule is COc1ccc(COc2ccccc2)cc1N. The molecule has 17 heavy (non-hydrogen) atoms. The number of para-hydroxylation sites is 1. The van der Waals surface area contributed by atoms with Gasteiger partial charge in [0.05, 0.1) is 12.8 Å². The maximum atomic E-state index is 5.82. The Kier molecular flexibility index (Phi) is 3.50. The lowest BCUT2D eigenvalue weighted by Gasteiger charge is -2.08. The summed E-state index contributed by atoms with van der Waals surface area (Å²) in [4.78, 5) is 0. The highest BCUT2D eigenvalue weighted by Gasteiger charge is 2.01.